The number of hydrogen-bond acceptors (Lipinski definition) is 5. The summed E-state index contributed by atoms with van der Waals surface area (Å²) in [6.45, 7) is 1.43. The Morgan fingerprint density at radius 1 is 1.11 bits per heavy atom. The minimum atomic E-state index is -0.738. The number of nitrogens with zero attached hydrogens (tertiary/aromatic N) is 2. The van der Waals surface area contributed by atoms with E-state index in [0.29, 0.717) is 52.2 Å². The van der Waals surface area contributed by atoms with E-state index in [1.807, 2.05) is 18.2 Å². The predicted molar refractivity (Wildman–Crippen MR) is 143 cm³/mol. The van der Waals surface area contributed by atoms with Gasteiger partial charge < -0.3 is 19.3 Å². The zero-order valence-electron chi connectivity index (χ0n) is 20.5. The van der Waals surface area contributed by atoms with Crippen molar-refractivity contribution in [2.75, 3.05) is 11.4 Å². The Hall–Kier alpha value is -2.54. The van der Waals surface area contributed by atoms with Crippen molar-refractivity contribution >= 4 is 34.9 Å². The van der Waals surface area contributed by atoms with Crippen molar-refractivity contribution in [2.24, 2.45) is 5.92 Å². The van der Waals surface area contributed by atoms with Crippen LogP contribution in [0.5, 0.6) is 0 Å². The highest BCUT2D eigenvalue weighted by atomic mass is 35.5. The second-order valence-electron chi connectivity index (χ2n) is 10.5. The fourth-order valence-electron chi connectivity index (χ4n) is 5.96. The van der Waals surface area contributed by atoms with Gasteiger partial charge in [0.15, 0.2) is 0 Å². The standard InChI is InChI=1S/C29H30Cl2N2O4/c30-23-4-2-5-24(31)27(23)28-22(29(37-32-28)18-9-10-18)16-36-25-14-21-13-19(25)15-33(21)20-11-7-17(8-12-20)3-1-6-26(34)35/h2,4-5,7-8,11-12,18-19,21,25H,1,3,6,9-10,13-16H2,(H,34,35)/t19-,21-,25+/m0/s1. The molecular formula is C29H30Cl2N2O4. The molecule has 6 nitrogen and oxygen atoms in total. The highest BCUT2D eigenvalue weighted by Crippen LogP contribution is 2.47. The maximum Gasteiger partial charge on any atom is 0.303 e. The van der Waals surface area contributed by atoms with E-state index in [1.54, 1.807) is 0 Å². The van der Waals surface area contributed by atoms with Gasteiger partial charge in [-0.15, -0.1) is 0 Å². The van der Waals surface area contributed by atoms with Crippen LogP contribution in [0, 0.1) is 5.92 Å². The van der Waals surface area contributed by atoms with Crippen molar-refractivity contribution in [3.63, 3.8) is 0 Å². The number of anilines is 1. The van der Waals surface area contributed by atoms with Gasteiger partial charge in [0.1, 0.15) is 11.5 Å². The van der Waals surface area contributed by atoms with Crippen LogP contribution in [0.15, 0.2) is 47.0 Å². The molecule has 37 heavy (non-hydrogen) atoms. The smallest absolute Gasteiger partial charge is 0.303 e. The molecule has 1 saturated heterocycles. The SMILES string of the molecule is O=C(O)CCCc1ccc(N2C[C@@H]3C[C@H]2C[C@H]3OCc2c(-c3c(Cl)cccc3Cl)noc2C2CC2)cc1. The molecule has 3 aromatic rings. The van der Waals surface area contributed by atoms with Crippen LogP contribution in [0.3, 0.4) is 0 Å². The lowest BCUT2D eigenvalue weighted by atomic mass is 10.0. The number of aromatic nitrogens is 1. The quantitative estimate of drug-likeness (QED) is 0.295. The molecule has 3 atom stereocenters. The molecule has 2 heterocycles. The summed E-state index contributed by atoms with van der Waals surface area (Å²) in [4.78, 5) is 13.2. The molecule has 1 aliphatic heterocycles. The first kappa shape index (κ1) is 24.8. The number of ether oxygens (including phenoxy) is 1. The maximum atomic E-state index is 10.8. The fraction of sp³-hybridized carbons (Fsp3) is 0.448. The molecule has 0 spiro atoms. The lowest BCUT2D eigenvalue weighted by Gasteiger charge is -2.33. The Balaban J connectivity index is 1.11. The molecule has 3 aliphatic rings. The number of halogens is 2. The minimum Gasteiger partial charge on any atom is -0.481 e. The zero-order valence-corrected chi connectivity index (χ0v) is 22.0. The average Bonchev–Trinajstić information content (AvgIpc) is 3.33. The fourth-order valence-corrected chi connectivity index (χ4v) is 6.54. The first-order valence-corrected chi connectivity index (χ1v) is 13.9. The van der Waals surface area contributed by atoms with Crippen molar-refractivity contribution in [1.82, 2.24) is 5.16 Å². The molecule has 0 amide bonds. The number of fused-ring (bicyclic) bond motifs is 2. The Morgan fingerprint density at radius 3 is 2.51 bits per heavy atom. The van der Waals surface area contributed by atoms with Crippen LogP contribution in [0.25, 0.3) is 11.3 Å². The van der Waals surface area contributed by atoms with Gasteiger partial charge in [0, 0.05) is 47.7 Å². The van der Waals surface area contributed by atoms with E-state index in [2.05, 4.69) is 34.3 Å². The second kappa shape index (κ2) is 10.3. The van der Waals surface area contributed by atoms with Crippen LogP contribution in [-0.2, 0) is 22.6 Å². The molecule has 1 N–H and O–H groups in total. The van der Waals surface area contributed by atoms with Gasteiger partial charge in [-0.2, -0.15) is 0 Å². The van der Waals surface area contributed by atoms with Crippen LogP contribution in [0.2, 0.25) is 10.0 Å². The predicted octanol–water partition coefficient (Wildman–Crippen LogP) is 7.12. The topological polar surface area (TPSA) is 75.8 Å². The van der Waals surface area contributed by atoms with Crippen molar-refractivity contribution in [1.29, 1.82) is 0 Å². The summed E-state index contributed by atoms with van der Waals surface area (Å²) in [6.07, 6.45) is 6.22. The number of aliphatic carboxylic acids is 1. The lowest BCUT2D eigenvalue weighted by molar-refractivity contribution is -0.137. The number of aryl methyl sites for hydroxylation is 1. The first-order valence-electron chi connectivity index (χ1n) is 13.1. The largest absolute Gasteiger partial charge is 0.481 e. The molecular weight excluding hydrogens is 511 g/mol. The third-order valence-corrected chi connectivity index (χ3v) is 8.64. The normalized spacial score (nSPS) is 22.6. The molecule has 3 fully saturated rings. The summed E-state index contributed by atoms with van der Waals surface area (Å²) in [6, 6.07) is 14.6. The molecule has 0 radical (unpaired) electrons. The molecule has 0 unspecified atom stereocenters. The zero-order chi connectivity index (χ0) is 25.5. The van der Waals surface area contributed by atoms with Gasteiger partial charge in [0.2, 0.25) is 0 Å². The summed E-state index contributed by atoms with van der Waals surface area (Å²) >= 11 is 13.0. The summed E-state index contributed by atoms with van der Waals surface area (Å²) in [7, 11) is 0. The molecule has 2 aromatic carbocycles. The van der Waals surface area contributed by atoms with Crippen molar-refractivity contribution in [3.05, 3.63) is 69.4 Å². The third-order valence-electron chi connectivity index (χ3n) is 8.01. The lowest BCUT2D eigenvalue weighted by Crippen LogP contribution is -2.38. The number of benzene rings is 2. The molecule has 6 rings (SSSR count). The van der Waals surface area contributed by atoms with Crippen LogP contribution in [0.4, 0.5) is 5.69 Å². The molecule has 2 saturated carbocycles. The Labute approximate surface area is 226 Å². The van der Waals surface area contributed by atoms with Gasteiger partial charge in [0.25, 0.3) is 0 Å². The number of carboxylic acids is 1. The highest BCUT2D eigenvalue weighted by Gasteiger charge is 2.45. The third kappa shape index (κ3) is 5.12. The van der Waals surface area contributed by atoms with Crippen molar-refractivity contribution in [2.45, 2.75) is 69.6 Å². The number of hydrogen-bond donors (Lipinski definition) is 1. The number of rotatable bonds is 10. The summed E-state index contributed by atoms with van der Waals surface area (Å²) in [5.41, 5.74) is 4.82. The van der Waals surface area contributed by atoms with Crippen LogP contribution in [-0.4, -0.2) is 34.9 Å². The average molecular weight is 541 g/mol. The minimum absolute atomic E-state index is 0.202. The van der Waals surface area contributed by atoms with Crippen molar-refractivity contribution < 1.29 is 19.2 Å². The molecule has 2 bridgehead atoms. The van der Waals surface area contributed by atoms with Gasteiger partial charge in [0.05, 0.1) is 22.8 Å². The van der Waals surface area contributed by atoms with Crippen LogP contribution < -0.4 is 4.90 Å². The van der Waals surface area contributed by atoms with Crippen molar-refractivity contribution in [3.8, 4) is 11.3 Å². The Bertz CT molecular complexity index is 1270. The van der Waals surface area contributed by atoms with Gasteiger partial charge >= 0.3 is 5.97 Å². The van der Waals surface area contributed by atoms with E-state index in [9.17, 15) is 4.79 Å². The van der Waals surface area contributed by atoms with E-state index < -0.39 is 5.97 Å². The van der Waals surface area contributed by atoms with Gasteiger partial charge in [-0.25, -0.2) is 0 Å². The van der Waals surface area contributed by atoms with Gasteiger partial charge in [-0.1, -0.05) is 46.6 Å². The monoisotopic (exact) mass is 540 g/mol. The highest BCUT2D eigenvalue weighted by molar-refractivity contribution is 6.39. The Morgan fingerprint density at radius 2 is 1.86 bits per heavy atom. The Kier molecular flexibility index (Phi) is 6.91. The summed E-state index contributed by atoms with van der Waals surface area (Å²) in [5.74, 6) is 1.07. The molecule has 194 valence electrons. The van der Waals surface area contributed by atoms with Crippen LogP contribution in [0.1, 0.15) is 61.3 Å². The van der Waals surface area contributed by atoms with E-state index in [-0.39, 0.29) is 12.5 Å². The van der Waals surface area contributed by atoms with Gasteiger partial charge in [-0.3, -0.25) is 4.79 Å². The maximum absolute atomic E-state index is 10.8. The van der Waals surface area contributed by atoms with E-state index in [0.717, 1.165) is 50.0 Å². The summed E-state index contributed by atoms with van der Waals surface area (Å²) in [5, 5.41) is 14.4. The number of carboxylic acid groups (broad SMARTS) is 1. The second-order valence-corrected chi connectivity index (χ2v) is 11.4. The molecule has 2 aliphatic carbocycles. The number of carbonyl (C=O) groups is 1. The van der Waals surface area contributed by atoms with Crippen LogP contribution >= 0.6 is 23.2 Å². The van der Waals surface area contributed by atoms with E-state index >= 15 is 0 Å². The first-order chi connectivity index (χ1) is 18.0. The molecule has 1 aromatic heterocycles. The summed E-state index contributed by atoms with van der Waals surface area (Å²) < 4.78 is 12.3. The van der Waals surface area contributed by atoms with E-state index in [4.69, 9.17) is 37.6 Å². The number of piperidine rings is 1. The van der Waals surface area contributed by atoms with Gasteiger partial charge in [-0.05, 0) is 68.4 Å². The van der Waals surface area contributed by atoms with E-state index in [1.165, 1.54) is 11.3 Å². The molecule has 8 heteroatoms.